The number of carbonyl (C=O) groups is 1. The first-order valence-corrected chi connectivity index (χ1v) is 9.07. The van der Waals surface area contributed by atoms with Gasteiger partial charge in [-0.25, -0.2) is 5.01 Å². The number of hydroxylamine groups is 1. The number of nitrogens with one attached hydrogen (secondary N) is 1. The number of hydrogen-bond donors (Lipinski definition) is 1. The quantitative estimate of drug-likeness (QED) is 0.836. The second kappa shape index (κ2) is 6.00. The summed E-state index contributed by atoms with van der Waals surface area (Å²) in [6.45, 7) is 5.88. The van der Waals surface area contributed by atoms with E-state index in [1.54, 1.807) is 28.9 Å². The predicted octanol–water partition coefficient (Wildman–Crippen LogP) is 1.85. The molecule has 1 saturated carbocycles. The van der Waals surface area contributed by atoms with Crippen molar-refractivity contribution in [3.63, 3.8) is 0 Å². The van der Waals surface area contributed by atoms with E-state index in [1.807, 2.05) is 0 Å². The molecule has 0 aromatic carbocycles. The van der Waals surface area contributed by atoms with E-state index in [1.165, 1.54) is 0 Å². The molecule has 0 radical (unpaired) electrons. The van der Waals surface area contributed by atoms with Crippen molar-refractivity contribution in [3.8, 4) is 6.07 Å². The maximum atomic E-state index is 12.3. The molecule has 2 saturated heterocycles. The number of nitrogens with zero attached hydrogens (tertiary/aromatic N) is 3. The molecule has 2 heterocycles. The second-order valence-corrected chi connectivity index (χ2v) is 7.80. The Kier molecular flexibility index (Phi) is 4.38. The van der Waals surface area contributed by atoms with Crippen LogP contribution in [0, 0.1) is 17.2 Å². The summed E-state index contributed by atoms with van der Waals surface area (Å²) in [6, 6.07) is 2.28. The van der Waals surface area contributed by atoms with Gasteiger partial charge in [-0.05, 0) is 31.6 Å². The molecule has 22 heavy (non-hydrogen) atoms. The number of hydrazine groups is 1. The number of nitriles is 1. The normalized spacial score (nSPS) is 42.2. The Morgan fingerprint density at radius 1 is 1.55 bits per heavy atom. The van der Waals surface area contributed by atoms with E-state index in [0.717, 1.165) is 25.7 Å². The average Bonchev–Trinajstić information content (AvgIpc) is 2.95. The Balaban J connectivity index is 1.92. The number of fused-ring (bicyclic) bond motifs is 2. The van der Waals surface area contributed by atoms with Gasteiger partial charge in [0, 0.05) is 12.7 Å². The summed E-state index contributed by atoms with van der Waals surface area (Å²) in [5, 5.41) is 16.1. The van der Waals surface area contributed by atoms with Crippen LogP contribution in [0.4, 0.5) is 0 Å². The van der Waals surface area contributed by atoms with Gasteiger partial charge < -0.3 is 0 Å². The van der Waals surface area contributed by atoms with Gasteiger partial charge in [0.05, 0.1) is 18.2 Å². The molecule has 5 atom stereocenters. The molecule has 3 aliphatic rings. The Bertz CT molecular complexity index is 496. The minimum Gasteiger partial charge on any atom is -0.274 e. The molecule has 122 valence electrons. The minimum absolute atomic E-state index is 0.00800. The molecule has 6 nitrogen and oxygen atoms in total. The maximum Gasteiger partial charge on any atom is 0.235 e. The third-order valence-electron chi connectivity index (χ3n) is 5.03. The maximum absolute atomic E-state index is 12.3. The zero-order valence-corrected chi connectivity index (χ0v) is 14.2. The summed E-state index contributed by atoms with van der Waals surface area (Å²) < 4.78 is 0. The van der Waals surface area contributed by atoms with Crippen LogP contribution in [0.3, 0.4) is 0 Å². The van der Waals surface area contributed by atoms with Gasteiger partial charge in [0.15, 0.2) is 4.99 Å². The van der Waals surface area contributed by atoms with E-state index < -0.39 is 4.99 Å². The fourth-order valence-electron chi connectivity index (χ4n) is 3.70. The highest BCUT2D eigenvalue weighted by Crippen LogP contribution is 2.44. The fourth-order valence-corrected chi connectivity index (χ4v) is 4.97. The third-order valence-corrected chi connectivity index (χ3v) is 6.57. The van der Waals surface area contributed by atoms with Crippen LogP contribution in [-0.4, -0.2) is 45.0 Å². The number of carbonyl (C=O) groups excluding carboxylic acids is 1. The molecular formula is C15H24N4O2S. The summed E-state index contributed by atoms with van der Waals surface area (Å²) in [5.74, 6) is 1.22. The molecule has 1 amide bonds. The molecule has 1 N–H and O–H groups in total. The molecule has 1 aliphatic carbocycles. The van der Waals surface area contributed by atoms with Crippen LogP contribution >= 0.6 is 11.8 Å². The second-order valence-electron chi connectivity index (χ2n) is 6.50. The first-order chi connectivity index (χ1) is 10.5. The van der Waals surface area contributed by atoms with E-state index in [2.05, 4.69) is 25.2 Å². The summed E-state index contributed by atoms with van der Waals surface area (Å²) >= 11 is 1.66. The SMILES string of the molecule is CCC1(N2OC3CC(CCC3C)N2C(C)=O)NC(C#N)CS1. The van der Waals surface area contributed by atoms with Gasteiger partial charge in [0.2, 0.25) is 5.91 Å². The molecular weight excluding hydrogens is 300 g/mol. The lowest BCUT2D eigenvalue weighted by atomic mass is 9.84. The first-order valence-electron chi connectivity index (χ1n) is 8.08. The fraction of sp³-hybridized carbons (Fsp3) is 0.867. The third kappa shape index (κ3) is 2.52. The van der Waals surface area contributed by atoms with Crippen LogP contribution in [0.2, 0.25) is 0 Å². The lowest BCUT2D eigenvalue weighted by Gasteiger charge is -2.55. The molecule has 5 unspecified atom stereocenters. The van der Waals surface area contributed by atoms with Crippen molar-refractivity contribution < 1.29 is 9.63 Å². The zero-order chi connectivity index (χ0) is 15.9. The van der Waals surface area contributed by atoms with Gasteiger partial charge in [0.25, 0.3) is 0 Å². The van der Waals surface area contributed by atoms with Crippen LogP contribution in [0.1, 0.15) is 46.5 Å². The van der Waals surface area contributed by atoms with Gasteiger partial charge in [-0.3, -0.25) is 14.9 Å². The summed E-state index contributed by atoms with van der Waals surface area (Å²) in [4.78, 5) is 18.0. The lowest BCUT2D eigenvalue weighted by Crippen LogP contribution is -2.69. The van der Waals surface area contributed by atoms with E-state index in [9.17, 15) is 10.1 Å². The Labute approximate surface area is 136 Å². The topological polar surface area (TPSA) is 68.6 Å². The van der Waals surface area contributed by atoms with Gasteiger partial charge in [0.1, 0.15) is 6.04 Å². The molecule has 2 bridgehead atoms. The van der Waals surface area contributed by atoms with Crippen molar-refractivity contribution in [1.29, 1.82) is 5.26 Å². The average molecular weight is 324 g/mol. The van der Waals surface area contributed by atoms with Crippen LogP contribution in [0.5, 0.6) is 0 Å². The Morgan fingerprint density at radius 3 is 2.91 bits per heavy atom. The number of hydrogen-bond acceptors (Lipinski definition) is 6. The standard InChI is InChI=1S/C15H24N4O2S/c1-4-15(17-12(8-16)9-22-15)19-18(11(3)20)13-6-5-10(2)14(7-13)21-19/h10,12-14,17H,4-7,9H2,1-3H3. The van der Waals surface area contributed by atoms with Gasteiger partial charge >= 0.3 is 0 Å². The van der Waals surface area contributed by atoms with Crippen LogP contribution < -0.4 is 5.32 Å². The van der Waals surface area contributed by atoms with Gasteiger partial charge in [-0.15, -0.1) is 11.8 Å². The monoisotopic (exact) mass is 324 g/mol. The molecule has 0 aromatic rings. The van der Waals surface area contributed by atoms with Crippen LogP contribution in [0.15, 0.2) is 0 Å². The Hall–Kier alpha value is -0.810. The largest absolute Gasteiger partial charge is 0.274 e. The Morgan fingerprint density at radius 2 is 2.32 bits per heavy atom. The molecule has 0 spiro atoms. The van der Waals surface area contributed by atoms with Crippen molar-refractivity contribution in [2.75, 3.05) is 5.75 Å². The van der Waals surface area contributed by atoms with Crippen molar-refractivity contribution in [3.05, 3.63) is 0 Å². The number of thioether (sulfide) groups is 1. The van der Waals surface area contributed by atoms with Crippen molar-refractivity contribution >= 4 is 17.7 Å². The summed E-state index contributed by atoms with van der Waals surface area (Å²) in [7, 11) is 0. The zero-order valence-electron chi connectivity index (χ0n) is 13.4. The molecule has 3 rings (SSSR count). The smallest absolute Gasteiger partial charge is 0.235 e. The number of amides is 1. The highest BCUT2D eigenvalue weighted by molar-refractivity contribution is 8.00. The van der Waals surface area contributed by atoms with E-state index in [-0.39, 0.29) is 24.1 Å². The van der Waals surface area contributed by atoms with Crippen molar-refractivity contribution in [2.24, 2.45) is 5.92 Å². The van der Waals surface area contributed by atoms with Crippen molar-refractivity contribution in [1.82, 2.24) is 15.5 Å². The molecule has 0 aromatic heterocycles. The van der Waals surface area contributed by atoms with E-state index in [0.29, 0.717) is 11.7 Å². The molecule has 2 aliphatic heterocycles. The molecule has 3 fully saturated rings. The highest BCUT2D eigenvalue weighted by atomic mass is 32.2. The van der Waals surface area contributed by atoms with Gasteiger partial charge in [-0.2, -0.15) is 5.26 Å². The van der Waals surface area contributed by atoms with Gasteiger partial charge in [-0.1, -0.05) is 19.0 Å². The number of rotatable bonds is 2. The summed E-state index contributed by atoms with van der Waals surface area (Å²) in [5.41, 5.74) is 0. The minimum atomic E-state index is -0.528. The first kappa shape index (κ1) is 16.1. The molecule has 7 heteroatoms. The summed E-state index contributed by atoms with van der Waals surface area (Å²) in [6.07, 6.45) is 3.93. The van der Waals surface area contributed by atoms with Crippen molar-refractivity contribution in [2.45, 2.75) is 69.6 Å². The van der Waals surface area contributed by atoms with Crippen LogP contribution in [0.25, 0.3) is 0 Å². The lowest BCUT2D eigenvalue weighted by molar-refractivity contribution is -0.381. The predicted molar refractivity (Wildman–Crippen MR) is 84.1 cm³/mol. The van der Waals surface area contributed by atoms with E-state index in [4.69, 9.17) is 4.84 Å². The van der Waals surface area contributed by atoms with E-state index >= 15 is 0 Å². The highest BCUT2D eigenvalue weighted by Gasteiger charge is 2.53. The van der Waals surface area contributed by atoms with Crippen LogP contribution in [-0.2, 0) is 9.63 Å².